The summed E-state index contributed by atoms with van der Waals surface area (Å²) in [6.45, 7) is 0. The van der Waals surface area contributed by atoms with Gasteiger partial charge in [-0.3, -0.25) is 0 Å². The Balaban J connectivity index is 1.55. The van der Waals surface area contributed by atoms with Gasteiger partial charge in [-0.15, -0.1) is 0 Å². The summed E-state index contributed by atoms with van der Waals surface area (Å²) >= 11 is 0. The van der Waals surface area contributed by atoms with Crippen LogP contribution in [0.3, 0.4) is 0 Å². The van der Waals surface area contributed by atoms with Gasteiger partial charge in [-0.1, -0.05) is 36.4 Å². The minimum Gasteiger partial charge on any atom is -0.424 e. The van der Waals surface area contributed by atoms with Crippen molar-refractivity contribution in [1.82, 2.24) is 4.98 Å². The van der Waals surface area contributed by atoms with Crippen molar-refractivity contribution in [3.8, 4) is 0 Å². The number of anilines is 1. The Bertz CT molecular complexity index is 714. The fourth-order valence-electron chi connectivity index (χ4n) is 2.93. The highest BCUT2D eigenvalue weighted by Crippen LogP contribution is 2.25. The summed E-state index contributed by atoms with van der Waals surface area (Å²) in [4.78, 5) is 4.49. The highest BCUT2D eigenvalue weighted by Gasteiger charge is 2.19. The number of hydrogen-bond donors (Lipinski definition) is 1. The van der Waals surface area contributed by atoms with Gasteiger partial charge in [0.25, 0.3) is 6.01 Å². The molecule has 0 bridgehead atoms. The lowest BCUT2D eigenvalue weighted by Crippen LogP contribution is -2.27. The first-order chi connectivity index (χ1) is 9.88. The lowest BCUT2D eigenvalue weighted by Gasteiger charge is -2.24. The monoisotopic (exact) mass is 264 g/mol. The number of nitrogens with one attached hydrogen (secondary N) is 1. The SMILES string of the molecule is c1ccc2c(c1)CCC(Nc1nc3ccccc3o1)C2. The van der Waals surface area contributed by atoms with E-state index in [9.17, 15) is 0 Å². The molecule has 20 heavy (non-hydrogen) atoms. The number of aryl methyl sites for hydroxylation is 1. The number of aromatic nitrogens is 1. The third-order valence-electron chi connectivity index (χ3n) is 3.97. The van der Waals surface area contributed by atoms with Gasteiger partial charge in [0, 0.05) is 6.04 Å². The molecule has 1 heterocycles. The van der Waals surface area contributed by atoms with Gasteiger partial charge in [0.05, 0.1) is 0 Å². The zero-order chi connectivity index (χ0) is 13.4. The summed E-state index contributed by atoms with van der Waals surface area (Å²) in [6, 6.07) is 17.6. The van der Waals surface area contributed by atoms with Crippen molar-refractivity contribution in [1.29, 1.82) is 0 Å². The molecular formula is C17H16N2O. The zero-order valence-electron chi connectivity index (χ0n) is 11.2. The molecule has 1 aliphatic rings. The molecule has 0 fully saturated rings. The van der Waals surface area contributed by atoms with Gasteiger partial charge < -0.3 is 9.73 Å². The van der Waals surface area contributed by atoms with Crippen molar-refractivity contribution < 1.29 is 4.42 Å². The number of oxazole rings is 1. The van der Waals surface area contributed by atoms with Crippen molar-refractivity contribution >= 4 is 17.1 Å². The summed E-state index contributed by atoms with van der Waals surface area (Å²) in [5.74, 6) is 0. The third kappa shape index (κ3) is 2.05. The molecule has 0 saturated heterocycles. The van der Waals surface area contributed by atoms with Crippen molar-refractivity contribution in [3.63, 3.8) is 0 Å². The highest BCUT2D eigenvalue weighted by atomic mass is 16.4. The molecule has 0 spiro atoms. The second kappa shape index (κ2) is 4.67. The fourth-order valence-corrected chi connectivity index (χ4v) is 2.93. The third-order valence-corrected chi connectivity index (χ3v) is 3.97. The molecule has 4 rings (SSSR count). The maximum Gasteiger partial charge on any atom is 0.295 e. The van der Waals surface area contributed by atoms with Gasteiger partial charge in [-0.2, -0.15) is 4.98 Å². The number of hydrogen-bond acceptors (Lipinski definition) is 3. The van der Waals surface area contributed by atoms with Crippen LogP contribution in [0.4, 0.5) is 6.01 Å². The van der Waals surface area contributed by atoms with Crippen molar-refractivity contribution in [2.45, 2.75) is 25.3 Å². The second-order valence-corrected chi connectivity index (χ2v) is 5.34. The molecule has 0 saturated carbocycles. The van der Waals surface area contributed by atoms with E-state index < -0.39 is 0 Å². The summed E-state index contributed by atoms with van der Waals surface area (Å²) in [7, 11) is 0. The Kier molecular flexibility index (Phi) is 2.69. The average Bonchev–Trinajstić information content (AvgIpc) is 2.89. The Morgan fingerprint density at radius 3 is 2.70 bits per heavy atom. The van der Waals surface area contributed by atoms with Crippen molar-refractivity contribution in [2.75, 3.05) is 5.32 Å². The molecular weight excluding hydrogens is 248 g/mol. The van der Waals surface area contributed by atoms with Gasteiger partial charge in [-0.05, 0) is 42.5 Å². The van der Waals surface area contributed by atoms with E-state index in [0.717, 1.165) is 30.4 Å². The van der Waals surface area contributed by atoms with E-state index in [-0.39, 0.29) is 0 Å². The summed E-state index contributed by atoms with van der Waals surface area (Å²) < 4.78 is 5.74. The first-order valence-electron chi connectivity index (χ1n) is 7.07. The van der Waals surface area contributed by atoms with Gasteiger partial charge in [0.15, 0.2) is 5.58 Å². The molecule has 3 nitrogen and oxygen atoms in total. The Labute approximate surface area is 117 Å². The van der Waals surface area contributed by atoms with Gasteiger partial charge in [0.1, 0.15) is 5.52 Å². The maximum atomic E-state index is 5.74. The quantitative estimate of drug-likeness (QED) is 0.765. The number of benzene rings is 2. The van der Waals surface area contributed by atoms with Crippen LogP contribution in [-0.2, 0) is 12.8 Å². The van der Waals surface area contributed by atoms with Crippen LogP contribution in [0.25, 0.3) is 11.1 Å². The van der Waals surface area contributed by atoms with Gasteiger partial charge in [0.2, 0.25) is 0 Å². The van der Waals surface area contributed by atoms with Crippen LogP contribution in [-0.4, -0.2) is 11.0 Å². The average molecular weight is 264 g/mol. The van der Waals surface area contributed by atoms with Gasteiger partial charge in [-0.25, -0.2) is 0 Å². The molecule has 1 unspecified atom stereocenters. The molecule has 0 amide bonds. The maximum absolute atomic E-state index is 5.74. The predicted molar refractivity (Wildman–Crippen MR) is 79.9 cm³/mol. The molecule has 100 valence electrons. The van der Waals surface area contributed by atoms with Gasteiger partial charge >= 0.3 is 0 Å². The highest BCUT2D eigenvalue weighted by molar-refractivity contribution is 5.74. The largest absolute Gasteiger partial charge is 0.424 e. The van der Waals surface area contributed by atoms with E-state index in [4.69, 9.17) is 4.42 Å². The van der Waals surface area contributed by atoms with Crippen LogP contribution >= 0.6 is 0 Å². The van der Waals surface area contributed by atoms with Crippen LogP contribution in [0.2, 0.25) is 0 Å². The summed E-state index contributed by atoms with van der Waals surface area (Å²) in [5.41, 5.74) is 4.66. The van der Waals surface area contributed by atoms with E-state index in [1.807, 2.05) is 24.3 Å². The van der Waals surface area contributed by atoms with Crippen LogP contribution in [0, 0.1) is 0 Å². The molecule has 0 aliphatic heterocycles. The van der Waals surface area contributed by atoms with E-state index in [2.05, 4.69) is 34.6 Å². The summed E-state index contributed by atoms with van der Waals surface area (Å²) in [5, 5.41) is 3.43. The van der Waals surface area contributed by atoms with Crippen LogP contribution in [0.5, 0.6) is 0 Å². The number of fused-ring (bicyclic) bond motifs is 2. The van der Waals surface area contributed by atoms with Crippen molar-refractivity contribution in [3.05, 3.63) is 59.7 Å². The lowest BCUT2D eigenvalue weighted by molar-refractivity contribution is 0.557. The van der Waals surface area contributed by atoms with E-state index >= 15 is 0 Å². The fraction of sp³-hybridized carbons (Fsp3) is 0.235. The molecule has 1 aromatic heterocycles. The summed E-state index contributed by atoms with van der Waals surface area (Å²) in [6.07, 6.45) is 3.28. The lowest BCUT2D eigenvalue weighted by atomic mass is 9.88. The normalized spacial score (nSPS) is 17.9. The number of rotatable bonds is 2. The Hall–Kier alpha value is -2.29. The molecule has 2 aromatic carbocycles. The minimum absolute atomic E-state index is 0.401. The smallest absolute Gasteiger partial charge is 0.295 e. The first kappa shape index (κ1) is 11.5. The topological polar surface area (TPSA) is 38.1 Å². The van der Waals surface area contributed by atoms with E-state index in [1.54, 1.807) is 0 Å². The zero-order valence-corrected chi connectivity index (χ0v) is 11.2. The van der Waals surface area contributed by atoms with Crippen molar-refractivity contribution in [2.24, 2.45) is 0 Å². The Morgan fingerprint density at radius 1 is 1.00 bits per heavy atom. The minimum atomic E-state index is 0.401. The van der Waals surface area contributed by atoms with E-state index in [0.29, 0.717) is 12.1 Å². The molecule has 1 atom stereocenters. The molecule has 0 radical (unpaired) electrons. The predicted octanol–water partition coefficient (Wildman–Crippen LogP) is 3.80. The van der Waals surface area contributed by atoms with Crippen LogP contribution < -0.4 is 5.32 Å². The number of para-hydroxylation sites is 2. The molecule has 3 aromatic rings. The molecule has 1 N–H and O–H groups in total. The first-order valence-corrected chi connectivity index (χ1v) is 7.07. The van der Waals surface area contributed by atoms with E-state index in [1.165, 1.54) is 11.1 Å². The Morgan fingerprint density at radius 2 is 1.80 bits per heavy atom. The van der Waals surface area contributed by atoms with Crippen LogP contribution in [0.15, 0.2) is 52.9 Å². The standard InChI is InChI=1S/C17H16N2O/c1-2-6-13-11-14(10-9-12(13)5-1)18-17-19-15-7-3-4-8-16(15)20-17/h1-8,14H,9-11H2,(H,18,19). The second-order valence-electron chi connectivity index (χ2n) is 5.34. The van der Waals surface area contributed by atoms with Crippen LogP contribution in [0.1, 0.15) is 17.5 Å². The molecule has 3 heteroatoms. The number of nitrogens with zero attached hydrogens (tertiary/aromatic N) is 1. The molecule has 1 aliphatic carbocycles.